The van der Waals surface area contributed by atoms with Gasteiger partial charge in [-0.2, -0.15) is 0 Å². The van der Waals surface area contributed by atoms with Crippen molar-refractivity contribution in [2.75, 3.05) is 18.1 Å². The Hall–Kier alpha value is -4.40. The second-order valence-corrected chi connectivity index (χ2v) is 8.33. The van der Waals surface area contributed by atoms with Gasteiger partial charge in [0.05, 0.1) is 6.61 Å². The summed E-state index contributed by atoms with van der Waals surface area (Å²) >= 11 is 0. The molecule has 35 heavy (non-hydrogen) atoms. The van der Waals surface area contributed by atoms with Crippen molar-refractivity contribution in [2.45, 2.75) is 26.2 Å². The van der Waals surface area contributed by atoms with Gasteiger partial charge in [-0.15, -0.1) is 0 Å². The van der Waals surface area contributed by atoms with Gasteiger partial charge in [-0.25, -0.2) is 9.88 Å². The first-order valence-corrected chi connectivity index (χ1v) is 11.4. The molecule has 0 spiro atoms. The van der Waals surface area contributed by atoms with E-state index in [1.807, 2.05) is 6.92 Å². The van der Waals surface area contributed by atoms with Crippen LogP contribution in [0.1, 0.15) is 67.6 Å². The number of ether oxygens (including phenoxy) is 1. The Kier molecular flexibility index (Phi) is 5.60. The van der Waals surface area contributed by atoms with Gasteiger partial charge in [0.1, 0.15) is 12.4 Å². The van der Waals surface area contributed by atoms with Gasteiger partial charge in [-0.1, -0.05) is 25.8 Å². The van der Waals surface area contributed by atoms with Gasteiger partial charge in [-0.05, 0) is 42.8 Å². The third-order valence-corrected chi connectivity index (χ3v) is 6.16. The van der Waals surface area contributed by atoms with E-state index in [4.69, 9.17) is 4.74 Å². The highest BCUT2D eigenvalue weighted by molar-refractivity contribution is 6.39. The van der Waals surface area contributed by atoms with Crippen molar-refractivity contribution in [3.05, 3.63) is 70.9 Å². The van der Waals surface area contributed by atoms with Crippen LogP contribution in [-0.4, -0.2) is 52.6 Å². The van der Waals surface area contributed by atoms with Crippen LogP contribution in [0.3, 0.4) is 0 Å². The van der Waals surface area contributed by atoms with Gasteiger partial charge in [0.15, 0.2) is 0 Å². The quantitative estimate of drug-likeness (QED) is 0.295. The molecule has 2 aliphatic heterocycles. The average Bonchev–Trinajstić information content (AvgIpc) is 2.87. The average molecular weight is 471 g/mol. The van der Waals surface area contributed by atoms with Gasteiger partial charge in [0, 0.05) is 39.2 Å². The molecule has 0 fully saturated rings. The first-order chi connectivity index (χ1) is 16.9. The highest BCUT2D eigenvalue weighted by atomic mass is 16.5. The van der Waals surface area contributed by atoms with Gasteiger partial charge < -0.3 is 4.74 Å². The van der Waals surface area contributed by atoms with Crippen molar-refractivity contribution in [3.8, 4) is 0 Å². The molecule has 0 unspecified atom stereocenters. The summed E-state index contributed by atoms with van der Waals surface area (Å²) in [7, 11) is 0. The number of pyridine rings is 1. The van der Waals surface area contributed by atoms with E-state index in [9.17, 15) is 24.0 Å². The summed E-state index contributed by atoms with van der Waals surface area (Å²) in [6.45, 7) is 1.73. The molecule has 0 aliphatic carbocycles. The summed E-state index contributed by atoms with van der Waals surface area (Å²) < 4.78 is 5.17. The number of amides is 4. The molecular formula is C26H21N3O6. The number of carbonyl (C=O) groups excluding carboxylic acids is 5. The van der Waals surface area contributed by atoms with Crippen molar-refractivity contribution in [2.24, 2.45) is 0 Å². The number of unbranched alkanes of at least 4 members (excludes halogenated alkanes) is 2. The molecule has 2 aliphatic rings. The lowest BCUT2D eigenvalue weighted by Gasteiger charge is -2.31. The molecule has 9 nitrogen and oxygen atoms in total. The molecule has 0 bridgehead atoms. The number of imide groups is 2. The summed E-state index contributed by atoms with van der Waals surface area (Å²) in [6.07, 6.45) is 4.06. The number of esters is 1. The molecule has 2 aromatic carbocycles. The Labute approximate surface area is 200 Å². The fourth-order valence-corrected chi connectivity index (χ4v) is 4.48. The van der Waals surface area contributed by atoms with Gasteiger partial charge in [0.25, 0.3) is 23.6 Å². The molecule has 5 rings (SSSR count). The summed E-state index contributed by atoms with van der Waals surface area (Å²) in [5.41, 5.74) is 0.669. The van der Waals surface area contributed by atoms with E-state index in [0.29, 0.717) is 6.42 Å². The molecule has 0 N–H and O–H groups in total. The van der Waals surface area contributed by atoms with E-state index in [-0.39, 0.29) is 45.5 Å². The van der Waals surface area contributed by atoms with Crippen LogP contribution in [0.5, 0.6) is 0 Å². The van der Waals surface area contributed by atoms with E-state index >= 15 is 0 Å². The second-order valence-electron chi connectivity index (χ2n) is 8.33. The first kappa shape index (κ1) is 22.4. The number of anilines is 1. The lowest BCUT2D eigenvalue weighted by molar-refractivity contribution is -0.144. The molecule has 3 aromatic rings. The number of rotatable bonds is 7. The minimum atomic E-state index is -0.677. The van der Waals surface area contributed by atoms with E-state index in [2.05, 4.69) is 4.98 Å². The van der Waals surface area contributed by atoms with Crippen LogP contribution in [0.25, 0.3) is 10.8 Å². The summed E-state index contributed by atoms with van der Waals surface area (Å²) in [6, 6.07) is 10.7. The third kappa shape index (κ3) is 3.56. The van der Waals surface area contributed by atoms with Crippen molar-refractivity contribution in [1.29, 1.82) is 0 Å². The van der Waals surface area contributed by atoms with Crippen LogP contribution in [0.4, 0.5) is 5.82 Å². The van der Waals surface area contributed by atoms with Crippen LogP contribution < -0.4 is 4.90 Å². The van der Waals surface area contributed by atoms with E-state index in [1.54, 1.807) is 18.2 Å². The maximum absolute atomic E-state index is 13.3. The number of aromatic nitrogens is 1. The van der Waals surface area contributed by atoms with Gasteiger partial charge in [-0.3, -0.25) is 28.9 Å². The SMILES string of the molecule is CCCCCOC(=O)CN1C(=O)c2ccc3c4c(ccc(c24)C1=O)C(=O)N(c1ccccn1)C3=O. The van der Waals surface area contributed by atoms with Gasteiger partial charge in [0.2, 0.25) is 0 Å². The van der Waals surface area contributed by atoms with E-state index in [1.165, 1.54) is 30.5 Å². The molecule has 4 amide bonds. The predicted octanol–water partition coefficient (Wildman–Crippen LogP) is 3.36. The fraction of sp³-hybridized carbons (Fsp3) is 0.231. The van der Waals surface area contributed by atoms with Crippen molar-refractivity contribution in [3.63, 3.8) is 0 Å². The number of carbonyl (C=O) groups is 5. The van der Waals surface area contributed by atoms with Crippen molar-refractivity contribution < 1.29 is 28.7 Å². The van der Waals surface area contributed by atoms with Crippen molar-refractivity contribution in [1.82, 2.24) is 9.88 Å². The summed E-state index contributed by atoms with van der Waals surface area (Å²) in [4.78, 5) is 71.2. The summed E-state index contributed by atoms with van der Waals surface area (Å²) in [5.74, 6) is -3.04. The van der Waals surface area contributed by atoms with Gasteiger partial charge >= 0.3 is 5.97 Å². The Bertz CT molecular complexity index is 1340. The van der Waals surface area contributed by atoms with Crippen LogP contribution in [-0.2, 0) is 9.53 Å². The maximum Gasteiger partial charge on any atom is 0.326 e. The molecule has 3 heterocycles. The summed E-state index contributed by atoms with van der Waals surface area (Å²) in [5, 5.41) is 0.496. The normalized spacial score (nSPS) is 14.7. The monoisotopic (exact) mass is 471 g/mol. The number of benzene rings is 2. The zero-order valence-electron chi connectivity index (χ0n) is 18.9. The van der Waals surface area contributed by atoms with E-state index < -0.39 is 36.1 Å². The lowest BCUT2D eigenvalue weighted by Crippen LogP contribution is -2.45. The Morgan fingerprint density at radius 2 is 1.37 bits per heavy atom. The largest absolute Gasteiger partial charge is 0.464 e. The van der Waals surface area contributed by atoms with Crippen LogP contribution in [0.2, 0.25) is 0 Å². The molecule has 9 heteroatoms. The molecule has 0 atom stereocenters. The van der Waals surface area contributed by atoms with Crippen LogP contribution in [0, 0.1) is 0 Å². The molecule has 176 valence electrons. The molecule has 0 saturated carbocycles. The first-order valence-electron chi connectivity index (χ1n) is 11.4. The van der Waals surface area contributed by atoms with Crippen LogP contribution in [0.15, 0.2) is 48.7 Å². The highest BCUT2D eigenvalue weighted by Gasteiger charge is 2.41. The second kappa shape index (κ2) is 8.75. The lowest BCUT2D eigenvalue weighted by atomic mass is 9.86. The zero-order valence-corrected chi connectivity index (χ0v) is 18.9. The topological polar surface area (TPSA) is 114 Å². The number of hydrogen-bond donors (Lipinski definition) is 0. The highest BCUT2D eigenvalue weighted by Crippen LogP contribution is 2.38. The molecular weight excluding hydrogens is 450 g/mol. The maximum atomic E-state index is 13.3. The Morgan fingerprint density at radius 3 is 1.89 bits per heavy atom. The predicted molar refractivity (Wildman–Crippen MR) is 125 cm³/mol. The zero-order chi connectivity index (χ0) is 24.7. The van der Waals surface area contributed by atoms with E-state index in [0.717, 1.165) is 22.6 Å². The van der Waals surface area contributed by atoms with Crippen molar-refractivity contribution >= 4 is 46.2 Å². The number of hydrogen-bond acceptors (Lipinski definition) is 7. The fourth-order valence-electron chi connectivity index (χ4n) is 4.48. The molecule has 0 radical (unpaired) electrons. The smallest absolute Gasteiger partial charge is 0.326 e. The van der Waals surface area contributed by atoms with Crippen LogP contribution >= 0.6 is 0 Å². The molecule has 1 aromatic heterocycles. The Balaban J connectivity index is 1.53. The molecule has 0 saturated heterocycles. The standard InChI is InChI=1S/C26H21N3O6/c1-2-3-6-13-35-20(30)14-28-23(31)15-8-10-17-22-18(11-9-16(21(15)22)24(28)32)26(34)29(25(17)33)19-7-4-5-12-27-19/h4-5,7-12H,2-3,6,13-14H2,1H3. The Morgan fingerprint density at radius 1 is 0.800 bits per heavy atom. The number of nitrogens with zero attached hydrogens (tertiary/aromatic N) is 3. The third-order valence-electron chi connectivity index (χ3n) is 6.16. The minimum Gasteiger partial charge on any atom is -0.464 e. The minimum absolute atomic E-state index is 0.144.